The molecule has 0 saturated heterocycles. The number of rotatable bonds is 6. The number of aromatic amines is 1. The summed E-state index contributed by atoms with van der Waals surface area (Å²) in [5.74, 6) is 0.296. The lowest BCUT2D eigenvalue weighted by atomic mass is 10.1. The van der Waals surface area contributed by atoms with E-state index in [1.165, 1.54) is 22.7 Å². The molecule has 2 N–H and O–H groups in total. The van der Waals surface area contributed by atoms with Gasteiger partial charge in [0.2, 0.25) is 5.91 Å². The smallest absolute Gasteiger partial charge is 0.230 e. The molecule has 7 heteroatoms. The van der Waals surface area contributed by atoms with Crippen LogP contribution in [0, 0.1) is 6.92 Å². The first-order chi connectivity index (χ1) is 14.7. The molecule has 5 aromatic rings. The van der Waals surface area contributed by atoms with Crippen molar-refractivity contribution >= 4 is 45.1 Å². The van der Waals surface area contributed by atoms with E-state index in [1.807, 2.05) is 40.9 Å². The number of fused-ring (bicyclic) bond motifs is 4. The fourth-order valence-corrected chi connectivity index (χ4v) is 4.61. The molecule has 150 valence electrons. The third-order valence-electron chi connectivity index (χ3n) is 5.30. The van der Waals surface area contributed by atoms with E-state index in [1.54, 1.807) is 0 Å². The topological polar surface area (TPSA) is 75.1 Å². The van der Waals surface area contributed by atoms with Gasteiger partial charge in [-0.3, -0.25) is 9.20 Å². The molecule has 0 bridgehead atoms. The van der Waals surface area contributed by atoms with Crippen molar-refractivity contribution in [2.24, 2.45) is 0 Å². The van der Waals surface area contributed by atoms with Crippen molar-refractivity contribution < 1.29 is 4.79 Å². The maximum atomic E-state index is 12.4. The van der Waals surface area contributed by atoms with Crippen molar-refractivity contribution in [1.82, 2.24) is 24.9 Å². The van der Waals surface area contributed by atoms with Crippen LogP contribution in [0.3, 0.4) is 0 Å². The molecular formula is C23H21N5OS. The van der Waals surface area contributed by atoms with Crippen molar-refractivity contribution in [2.45, 2.75) is 18.5 Å². The molecule has 5 rings (SSSR count). The summed E-state index contributed by atoms with van der Waals surface area (Å²) >= 11 is 1.41. The highest BCUT2D eigenvalue weighted by Crippen LogP contribution is 2.25. The van der Waals surface area contributed by atoms with E-state index in [0.29, 0.717) is 12.3 Å². The Morgan fingerprint density at radius 2 is 1.90 bits per heavy atom. The predicted octanol–water partition coefficient (Wildman–Crippen LogP) is 4.12. The van der Waals surface area contributed by atoms with Crippen molar-refractivity contribution in [3.63, 3.8) is 0 Å². The summed E-state index contributed by atoms with van der Waals surface area (Å²) in [5, 5.41) is 14.7. The third kappa shape index (κ3) is 3.41. The molecule has 2 aromatic carbocycles. The summed E-state index contributed by atoms with van der Waals surface area (Å²) in [6.07, 6.45) is 2.80. The standard InChI is InChI=1S/C23H21N5OS/c1-15-12-21-26-27-23(28(21)20-9-5-3-6-17(15)20)30-14-22(29)24-11-10-16-13-25-19-8-4-2-7-18(16)19/h2-9,12-13,25H,10-11,14H2,1H3,(H,24,29). The van der Waals surface area contributed by atoms with Crippen LogP contribution in [0.1, 0.15) is 11.1 Å². The molecule has 0 aliphatic heterocycles. The zero-order valence-corrected chi connectivity index (χ0v) is 17.4. The molecule has 0 unspecified atom stereocenters. The Hall–Kier alpha value is -3.32. The van der Waals surface area contributed by atoms with Gasteiger partial charge in [-0.1, -0.05) is 48.2 Å². The number of nitrogens with one attached hydrogen (secondary N) is 2. The molecule has 0 saturated carbocycles. The van der Waals surface area contributed by atoms with Crippen LogP contribution in [-0.4, -0.2) is 37.8 Å². The minimum atomic E-state index is -0.00647. The zero-order chi connectivity index (χ0) is 20.5. The second-order valence-corrected chi connectivity index (χ2v) is 8.21. The number of carbonyl (C=O) groups excluding carboxylic acids is 1. The lowest BCUT2D eigenvalue weighted by Crippen LogP contribution is -2.27. The van der Waals surface area contributed by atoms with Gasteiger partial charge in [-0.15, -0.1) is 10.2 Å². The van der Waals surface area contributed by atoms with Crippen LogP contribution in [0.4, 0.5) is 0 Å². The molecule has 0 aliphatic carbocycles. The Bertz CT molecular complexity index is 1370. The van der Waals surface area contributed by atoms with Gasteiger partial charge in [-0.05, 0) is 42.7 Å². The molecule has 3 aromatic heterocycles. The largest absolute Gasteiger partial charge is 0.361 e. The maximum Gasteiger partial charge on any atom is 0.230 e. The van der Waals surface area contributed by atoms with Gasteiger partial charge in [-0.2, -0.15) is 0 Å². The number of nitrogens with zero attached hydrogens (tertiary/aromatic N) is 3. The summed E-state index contributed by atoms with van der Waals surface area (Å²) in [7, 11) is 0. The fourth-order valence-electron chi connectivity index (χ4n) is 3.82. The van der Waals surface area contributed by atoms with Crippen LogP contribution >= 0.6 is 11.8 Å². The molecule has 0 radical (unpaired) electrons. The quantitative estimate of drug-likeness (QED) is 0.409. The Morgan fingerprint density at radius 1 is 1.10 bits per heavy atom. The fraction of sp³-hybridized carbons (Fsp3) is 0.174. The highest BCUT2D eigenvalue weighted by molar-refractivity contribution is 7.99. The Morgan fingerprint density at radius 3 is 2.80 bits per heavy atom. The second-order valence-electron chi connectivity index (χ2n) is 7.27. The highest BCUT2D eigenvalue weighted by Gasteiger charge is 2.13. The summed E-state index contributed by atoms with van der Waals surface area (Å²) in [6, 6.07) is 18.4. The SMILES string of the molecule is Cc1cc2nnc(SCC(=O)NCCc3c[nH]c4ccccc34)n2c2ccccc12. The van der Waals surface area contributed by atoms with E-state index < -0.39 is 0 Å². The van der Waals surface area contributed by atoms with Gasteiger partial charge >= 0.3 is 0 Å². The number of aromatic nitrogens is 4. The molecular weight excluding hydrogens is 394 g/mol. The van der Waals surface area contributed by atoms with E-state index >= 15 is 0 Å². The number of aryl methyl sites for hydroxylation is 1. The molecule has 0 spiro atoms. The van der Waals surface area contributed by atoms with Gasteiger partial charge in [0.15, 0.2) is 10.8 Å². The minimum absolute atomic E-state index is 0.00647. The average Bonchev–Trinajstić information content (AvgIpc) is 3.37. The van der Waals surface area contributed by atoms with Gasteiger partial charge in [0, 0.05) is 29.0 Å². The molecule has 1 amide bonds. The Balaban J connectivity index is 1.24. The number of carbonyl (C=O) groups is 1. The van der Waals surface area contributed by atoms with Crippen LogP contribution in [0.2, 0.25) is 0 Å². The molecule has 0 fully saturated rings. The van der Waals surface area contributed by atoms with Crippen molar-refractivity contribution in [3.8, 4) is 0 Å². The van der Waals surface area contributed by atoms with Gasteiger partial charge in [0.05, 0.1) is 11.3 Å². The number of thioether (sulfide) groups is 1. The number of hydrogen-bond acceptors (Lipinski definition) is 4. The van der Waals surface area contributed by atoms with Crippen LogP contribution in [0.5, 0.6) is 0 Å². The van der Waals surface area contributed by atoms with Crippen LogP contribution in [0.15, 0.2) is 66.0 Å². The van der Waals surface area contributed by atoms with E-state index in [0.717, 1.165) is 39.2 Å². The summed E-state index contributed by atoms with van der Waals surface area (Å²) < 4.78 is 2.02. The summed E-state index contributed by atoms with van der Waals surface area (Å²) in [4.78, 5) is 15.7. The number of para-hydroxylation sites is 2. The summed E-state index contributed by atoms with van der Waals surface area (Å²) in [6.45, 7) is 2.68. The van der Waals surface area contributed by atoms with Gasteiger partial charge in [0.1, 0.15) is 0 Å². The first kappa shape index (κ1) is 18.7. The lowest BCUT2D eigenvalue weighted by Gasteiger charge is -2.07. The molecule has 0 atom stereocenters. The Kier molecular flexibility index (Phi) is 4.88. The third-order valence-corrected chi connectivity index (χ3v) is 6.23. The lowest BCUT2D eigenvalue weighted by molar-refractivity contribution is -0.118. The van der Waals surface area contributed by atoms with Crippen molar-refractivity contribution in [1.29, 1.82) is 0 Å². The minimum Gasteiger partial charge on any atom is -0.361 e. The Labute approximate surface area is 177 Å². The highest BCUT2D eigenvalue weighted by atomic mass is 32.2. The number of H-pyrrole nitrogens is 1. The monoisotopic (exact) mass is 415 g/mol. The molecule has 6 nitrogen and oxygen atoms in total. The van der Waals surface area contributed by atoms with Gasteiger partial charge in [0.25, 0.3) is 0 Å². The number of amides is 1. The number of hydrogen-bond donors (Lipinski definition) is 2. The summed E-state index contributed by atoms with van der Waals surface area (Å²) in [5.41, 5.74) is 5.35. The van der Waals surface area contributed by atoms with Crippen LogP contribution in [-0.2, 0) is 11.2 Å². The molecule has 3 heterocycles. The normalized spacial score (nSPS) is 11.5. The second kappa shape index (κ2) is 7.84. The molecule has 30 heavy (non-hydrogen) atoms. The van der Waals surface area contributed by atoms with Gasteiger partial charge in [-0.25, -0.2) is 0 Å². The zero-order valence-electron chi connectivity index (χ0n) is 16.6. The van der Waals surface area contributed by atoms with Crippen LogP contribution < -0.4 is 5.32 Å². The van der Waals surface area contributed by atoms with Crippen molar-refractivity contribution in [2.75, 3.05) is 12.3 Å². The van der Waals surface area contributed by atoms with E-state index in [2.05, 4.69) is 51.7 Å². The van der Waals surface area contributed by atoms with E-state index in [4.69, 9.17) is 0 Å². The van der Waals surface area contributed by atoms with Gasteiger partial charge < -0.3 is 10.3 Å². The molecule has 0 aliphatic rings. The first-order valence-corrected chi connectivity index (χ1v) is 10.9. The van der Waals surface area contributed by atoms with Crippen LogP contribution in [0.25, 0.3) is 27.5 Å². The maximum absolute atomic E-state index is 12.4. The van der Waals surface area contributed by atoms with E-state index in [9.17, 15) is 4.79 Å². The first-order valence-electron chi connectivity index (χ1n) is 9.89. The number of pyridine rings is 1. The number of benzene rings is 2. The average molecular weight is 416 g/mol. The van der Waals surface area contributed by atoms with E-state index in [-0.39, 0.29) is 5.91 Å². The van der Waals surface area contributed by atoms with Crippen molar-refractivity contribution in [3.05, 3.63) is 71.9 Å². The predicted molar refractivity (Wildman–Crippen MR) is 121 cm³/mol.